The molecular formula is C14H20N3O2+. The number of rotatable bonds is 5. The van der Waals surface area contributed by atoms with Gasteiger partial charge in [0.2, 0.25) is 5.91 Å². The maximum atomic E-state index is 12.0. The van der Waals surface area contributed by atoms with Crippen molar-refractivity contribution in [2.24, 2.45) is 5.73 Å². The van der Waals surface area contributed by atoms with E-state index in [2.05, 4.69) is 5.32 Å². The van der Waals surface area contributed by atoms with Crippen LogP contribution in [0.2, 0.25) is 0 Å². The first-order valence-electron chi connectivity index (χ1n) is 6.64. The zero-order valence-electron chi connectivity index (χ0n) is 10.8. The van der Waals surface area contributed by atoms with Crippen molar-refractivity contribution >= 4 is 11.8 Å². The number of benzene rings is 1. The van der Waals surface area contributed by atoms with Gasteiger partial charge in [0.05, 0.1) is 6.54 Å². The second-order valence-corrected chi connectivity index (χ2v) is 4.93. The predicted molar refractivity (Wildman–Crippen MR) is 71.1 cm³/mol. The predicted octanol–water partition coefficient (Wildman–Crippen LogP) is -1.07. The van der Waals surface area contributed by atoms with E-state index in [0.29, 0.717) is 6.42 Å². The Labute approximate surface area is 112 Å². The quantitative estimate of drug-likeness (QED) is 0.630. The molecule has 0 aliphatic carbocycles. The molecule has 1 aromatic rings. The molecule has 0 bridgehead atoms. The molecule has 0 aromatic heterocycles. The molecule has 5 heteroatoms. The van der Waals surface area contributed by atoms with E-state index in [-0.39, 0.29) is 11.9 Å². The summed E-state index contributed by atoms with van der Waals surface area (Å²) < 4.78 is 0. The van der Waals surface area contributed by atoms with Crippen molar-refractivity contribution in [2.75, 3.05) is 6.54 Å². The minimum absolute atomic E-state index is 0.0716. The molecule has 0 saturated carbocycles. The first-order chi connectivity index (χ1) is 9.16. The van der Waals surface area contributed by atoms with Gasteiger partial charge in [-0.25, -0.2) is 0 Å². The molecule has 0 spiro atoms. The Hall–Kier alpha value is -1.88. The van der Waals surface area contributed by atoms with E-state index in [9.17, 15) is 9.59 Å². The monoisotopic (exact) mass is 262 g/mol. The third-order valence-electron chi connectivity index (χ3n) is 3.45. The van der Waals surface area contributed by atoms with Crippen LogP contribution in [0.25, 0.3) is 0 Å². The average Bonchev–Trinajstić information content (AvgIpc) is 2.93. The number of amides is 2. The molecule has 102 valence electrons. The molecule has 0 radical (unpaired) electrons. The van der Waals surface area contributed by atoms with Crippen molar-refractivity contribution in [3.63, 3.8) is 0 Å². The summed E-state index contributed by atoms with van der Waals surface area (Å²) in [4.78, 5) is 23.5. The highest BCUT2D eigenvalue weighted by molar-refractivity contribution is 5.88. The van der Waals surface area contributed by atoms with E-state index in [1.165, 1.54) is 0 Å². The van der Waals surface area contributed by atoms with Gasteiger partial charge in [-0.2, -0.15) is 0 Å². The Kier molecular flexibility index (Phi) is 4.52. The van der Waals surface area contributed by atoms with Gasteiger partial charge in [0.1, 0.15) is 6.04 Å². The molecule has 0 unspecified atom stereocenters. The SMILES string of the molecule is NC(=O)[C@H](Cc1ccccc1)NC(=O)[C@@H]1CCC[NH2+]1. The van der Waals surface area contributed by atoms with Gasteiger partial charge in [0.25, 0.3) is 5.91 Å². The van der Waals surface area contributed by atoms with Crippen LogP contribution in [0.4, 0.5) is 0 Å². The number of carbonyl (C=O) groups excluding carboxylic acids is 2. The van der Waals surface area contributed by atoms with Crippen LogP contribution in [-0.2, 0) is 16.0 Å². The van der Waals surface area contributed by atoms with E-state index in [1.807, 2.05) is 35.6 Å². The molecule has 2 amide bonds. The topological polar surface area (TPSA) is 88.8 Å². The van der Waals surface area contributed by atoms with Crippen molar-refractivity contribution in [3.05, 3.63) is 35.9 Å². The number of nitrogens with two attached hydrogens (primary N) is 2. The van der Waals surface area contributed by atoms with Crippen LogP contribution in [-0.4, -0.2) is 30.4 Å². The van der Waals surface area contributed by atoms with E-state index in [0.717, 1.165) is 24.9 Å². The molecule has 2 rings (SSSR count). The van der Waals surface area contributed by atoms with Gasteiger partial charge in [0, 0.05) is 19.3 Å². The van der Waals surface area contributed by atoms with Crippen molar-refractivity contribution in [1.82, 2.24) is 5.32 Å². The van der Waals surface area contributed by atoms with E-state index >= 15 is 0 Å². The third kappa shape index (κ3) is 3.79. The summed E-state index contributed by atoms with van der Waals surface area (Å²) in [6.07, 6.45) is 2.34. The Bertz CT molecular complexity index is 441. The largest absolute Gasteiger partial charge is 0.368 e. The maximum absolute atomic E-state index is 12.0. The minimum Gasteiger partial charge on any atom is -0.368 e. The number of carbonyl (C=O) groups is 2. The van der Waals surface area contributed by atoms with Crippen LogP contribution in [0.1, 0.15) is 18.4 Å². The van der Waals surface area contributed by atoms with Crippen molar-refractivity contribution in [2.45, 2.75) is 31.3 Å². The van der Waals surface area contributed by atoms with Gasteiger partial charge < -0.3 is 16.4 Å². The highest BCUT2D eigenvalue weighted by Gasteiger charge is 2.29. The fourth-order valence-corrected chi connectivity index (χ4v) is 2.36. The van der Waals surface area contributed by atoms with Gasteiger partial charge in [-0.05, 0) is 5.56 Å². The van der Waals surface area contributed by atoms with Gasteiger partial charge in [-0.3, -0.25) is 9.59 Å². The van der Waals surface area contributed by atoms with E-state index < -0.39 is 11.9 Å². The van der Waals surface area contributed by atoms with Crippen LogP contribution in [0, 0.1) is 0 Å². The van der Waals surface area contributed by atoms with Crippen LogP contribution in [0.5, 0.6) is 0 Å². The molecule has 2 atom stereocenters. The summed E-state index contributed by atoms with van der Waals surface area (Å²) in [5.41, 5.74) is 6.36. The van der Waals surface area contributed by atoms with Crippen LogP contribution < -0.4 is 16.4 Å². The Morgan fingerprint density at radius 3 is 2.68 bits per heavy atom. The lowest BCUT2D eigenvalue weighted by atomic mass is 10.0. The smallest absolute Gasteiger partial charge is 0.278 e. The van der Waals surface area contributed by atoms with E-state index in [1.54, 1.807) is 0 Å². The lowest BCUT2D eigenvalue weighted by molar-refractivity contribution is -0.657. The highest BCUT2D eigenvalue weighted by atomic mass is 16.2. The van der Waals surface area contributed by atoms with Crippen molar-refractivity contribution in [3.8, 4) is 0 Å². The standard InChI is InChI=1S/C14H19N3O2/c15-13(18)12(9-10-5-2-1-3-6-10)17-14(19)11-7-4-8-16-11/h1-3,5-6,11-12,16H,4,7-9H2,(H2,15,18)(H,17,19)/p+1/t11-,12-/m0/s1. The Balaban J connectivity index is 1.96. The van der Waals surface area contributed by atoms with Gasteiger partial charge in [-0.1, -0.05) is 30.3 Å². The van der Waals surface area contributed by atoms with E-state index in [4.69, 9.17) is 5.73 Å². The molecule has 1 fully saturated rings. The minimum atomic E-state index is -0.635. The number of hydrogen-bond donors (Lipinski definition) is 3. The third-order valence-corrected chi connectivity index (χ3v) is 3.45. The van der Waals surface area contributed by atoms with Gasteiger partial charge in [-0.15, -0.1) is 0 Å². The molecule has 5 N–H and O–H groups in total. The van der Waals surface area contributed by atoms with Gasteiger partial charge in [0.15, 0.2) is 6.04 Å². The van der Waals surface area contributed by atoms with Crippen LogP contribution >= 0.6 is 0 Å². The summed E-state index contributed by atoms with van der Waals surface area (Å²) in [5.74, 6) is -0.576. The zero-order chi connectivity index (χ0) is 13.7. The molecule has 1 aliphatic rings. The summed E-state index contributed by atoms with van der Waals surface area (Å²) in [6.45, 7) is 0.970. The second kappa shape index (κ2) is 6.33. The van der Waals surface area contributed by atoms with Crippen LogP contribution in [0.15, 0.2) is 30.3 Å². The first-order valence-corrected chi connectivity index (χ1v) is 6.64. The molecule has 19 heavy (non-hydrogen) atoms. The van der Waals surface area contributed by atoms with Crippen molar-refractivity contribution < 1.29 is 14.9 Å². The maximum Gasteiger partial charge on any atom is 0.278 e. The number of quaternary nitrogens is 1. The molecule has 1 heterocycles. The number of primary amides is 1. The fourth-order valence-electron chi connectivity index (χ4n) is 2.36. The molecular weight excluding hydrogens is 242 g/mol. The first kappa shape index (κ1) is 13.5. The molecule has 1 saturated heterocycles. The molecule has 1 aliphatic heterocycles. The van der Waals surface area contributed by atoms with Gasteiger partial charge >= 0.3 is 0 Å². The summed E-state index contributed by atoms with van der Waals surface area (Å²) in [6, 6.07) is 8.85. The normalized spacial score (nSPS) is 19.9. The Morgan fingerprint density at radius 1 is 1.37 bits per heavy atom. The average molecular weight is 262 g/mol. The lowest BCUT2D eigenvalue weighted by Crippen LogP contribution is -2.89. The lowest BCUT2D eigenvalue weighted by Gasteiger charge is -2.17. The molecule has 1 aromatic carbocycles. The van der Waals surface area contributed by atoms with Crippen molar-refractivity contribution in [1.29, 1.82) is 0 Å². The second-order valence-electron chi connectivity index (χ2n) is 4.93. The highest BCUT2D eigenvalue weighted by Crippen LogP contribution is 2.04. The zero-order valence-corrected chi connectivity index (χ0v) is 10.8. The number of nitrogens with one attached hydrogen (secondary N) is 1. The number of hydrogen-bond acceptors (Lipinski definition) is 2. The Morgan fingerprint density at radius 2 is 2.11 bits per heavy atom. The summed E-state index contributed by atoms with van der Waals surface area (Å²) in [7, 11) is 0. The fraction of sp³-hybridized carbons (Fsp3) is 0.429. The summed E-state index contributed by atoms with van der Waals surface area (Å²) in [5, 5.41) is 4.77. The molecule has 5 nitrogen and oxygen atoms in total. The van der Waals surface area contributed by atoms with Crippen LogP contribution in [0.3, 0.4) is 0 Å². The summed E-state index contributed by atoms with van der Waals surface area (Å²) >= 11 is 0.